The summed E-state index contributed by atoms with van der Waals surface area (Å²) in [6.45, 7) is 0. The number of hydrogen-bond donors (Lipinski definition) is 2. The molecule has 0 amide bonds. The first-order valence-corrected chi connectivity index (χ1v) is 11.7. The summed E-state index contributed by atoms with van der Waals surface area (Å²) >= 11 is 13.1. The fourth-order valence-corrected chi connectivity index (χ4v) is 6.65. The van der Waals surface area contributed by atoms with Crippen molar-refractivity contribution in [1.29, 1.82) is 0 Å². The minimum atomic E-state index is -4.03. The first kappa shape index (κ1) is 20.4. The second-order valence-electron chi connectivity index (χ2n) is 6.79. The van der Waals surface area contributed by atoms with Crippen molar-refractivity contribution in [3.8, 4) is 10.4 Å². The van der Waals surface area contributed by atoms with Crippen LogP contribution < -0.4 is 4.72 Å². The molecule has 1 heterocycles. The molecule has 1 aliphatic carbocycles. The largest absolute Gasteiger partial charge is 0.480 e. The molecule has 0 unspecified atom stereocenters. The van der Waals surface area contributed by atoms with Gasteiger partial charge in [0.25, 0.3) is 10.0 Å². The van der Waals surface area contributed by atoms with Crippen LogP contribution in [-0.4, -0.2) is 25.0 Å². The van der Waals surface area contributed by atoms with Gasteiger partial charge in [-0.25, -0.2) is 8.42 Å². The highest BCUT2D eigenvalue weighted by Crippen LogP contribution is 2.52. The maximum atomic E-state index is 12.9. The zero-order chi connectivity index (χ0) is 20.8. The monoisotopic (exact) mass is 467 g/mol. The van der Waals surface area contributed by atoms with Crippen molar-refractivity contribution >= 4 is 50.5 Å². The van der Waals surface area contributed by atoms with E-state index in [4.69, 9.17) is 23.2 Å². The average Bonchev–Trinajstić information content (AvgIpc) is 3.17. The van der Waals surface area contributed by atoms with E-state index in [1.807, 2.05) is 6.07 Å². The predicted octanol–water partition coefficient (Wildman–Crippen LogP) is 5.01. The van der Waals surface area contributed by atoms with Crippen molar-refractivity contribution in [2.24, 2.45) is 0 Å². The zero-order valence-corrected chi connectivity index (χ0v) is 17.9. The normalized spacial score (nSPS) is 21.1. The SMILES string of the molecule is O=C(O)[C@]1(NS(=O)(=O)c2ccc(-c3ccc(Cl)cc3Cl)s2)C[C@@H]1c1ccccc1. The minimum Gasteiger partial charge on any atom is -0.480 e. The van der Waals surface area contributed by atoms with Gasteiger partial charge in [0.2, 0.25) is 0 Å². The van der Waals surface area contributed by atoms with Crippen LogP contribution in [0.5, 0.6) is 0 Å². The van der Waals surface area contributed by atoms with Crippen LogP contribution >= 0.6 is 34.5 Å². The molecule has 2 atom stereocenters. The van der Waals surface area contributed by atoms with Gasteiger partial charge in [-0.05, 0) is 36.2 Å². The van der Waals surface area contributed by atoms with Gasteiger partial charge < -0.3 is 5.11 Å². The van der Waals surface area contributed by atoms with E-state index < -0.39 is 27.4 Å². The second kappa shape index (κ2) is 7.41. The lowest BCUT2D eigenvalue weighted by Crippen LogP contribution is -2.44. The molecule has 1 saturated carbocycles. The van der Waals surface area contributed by atoms with E-state index >= 15 is 0 Å². The van der Waals surface area contributed by atoms with Gasteiger partial charge >= 0.3 is 5.97 Å². The Balaban J connectivity index is 1.62. The summed E-state index contributed by atoms with van der Waals surface area (Å²) in [6, 6.07) is 17.1. The Morgan fingerprint density at radius 3 is 2.48 bits per heavy atom. The third kappa shape index (κ3) is 3.81. The Kier molecular flexibility index (Phi) is 5.21. The quantitative estimate of drug-likeness (QED) is 0.533. The number of hydrogen-bond acceptors (Lipinski definition) is 4. The maximum Gasteiger partial charge on any atom is 0.325 e. The molecule has 5 nitrogen and oxygen atoms in total. The van der Waals surface area contributed by atoms with Crippen LogP contribution in [0.1, 0.15) is 17.9 Å². The number of rotatable bonds is 6. The molecule has 1 fully saturated rings. The molecule has 0 aliphatic heterocycles. The molecule has 4 rings (SSSR count). The third-order valence-electron chi connectivity index (χ3n) is 4.90. The summed E-state index contributed by atoms with van der Waals surface area (Å²) in [5.74, 6) is -1.60. The lowest BCUT2D eigenvalue weighted by Gasteiger charge is -2.14. The second-order valence-corrected chi connectivity index (χ2v) is 10.6. The summed E-state index contributed by atoms with van der Waals surface area (Å²) in [4.78, 5) is 12.6. The van der Waals surface area contributed by atoms with E-state index in [9.17, 15) is 18.3 Å². The fraction of sp³-hybridized carbons (Fsp3) is 0.150. The molecule has 3 aromatic rings. The number of nitrogens with one attached hydrogen (secondary N) is 1. The molecule has 1 aromatic heterocycles. The molecule has 0 bridgehead atoms. The number of sulfonamides is 1. The molecule has 2 N–H and O–H groups in total. The van der Waals surface area contributed by atoms with E-state index in [1.165, 1.54) is 6.07 Å². The number of aliphatic carboxylic acids is 1. The number of carboxylic acids is 1. The topological polar surface area (TPSA) is 83.5 Å². The molecular weight excluding hydrogens is 453 g/mol. The highest BCUT2D eigenvalue weighted by molar-refractivity contribution is 7.91. The van der Waals surface area contributed by atoms with Gasteiger partial charge in [0.15, 0.2) is 0 Å². The highest BCUT2D eigenvalue weighted by atomic mass is 35.5. The van der Waals surface area contributed by atoms with E-state index in [2.05, 4.69) is 4.72 Å². The molecule has 0 radical (unpaired) electrons. The molecule has 0 saturated heterocycles. The third-order valence-corrected chi connectivity index (χ3v) is 8.57. The van der Waals surface area contributed by atoms with Crippen LogP contribution in [-0.2, 0) is 14.8 Å². The molecular formula is C20H15Cl2NO4S2. The van der Waals surface area contributed by atoms with Crippen LogP contribution in [0.15, 0.2) is 64.9 Å². The summed E-state index contributed by atoms with van der Waals surface area (Å²) in [6.07, 6.45) is 0.201. The predicted molar refractivity (Wildman–Crippen MR) is 114 cm³/mol. The Labute approximate surface area is 182 Å². The fourth-order valence-electron chi connectivity index (χ4n) is 3.33. The lowest BCUT2D eigenvalue weighted by atomic mass is 10.1. The lowest BCUT2D eigenvalue weighted by molar-refractivity contribution is -0.140. The number of halogens is 2. The van der Waals surface area contributed by atoms with Crippen LogP contribution in [0.4, 0.5) is 0 Å². The van der Waals surface area contributed by atoms with Crippen LogP contribution in [0, 0.1) is 0 Å². The maximum absolute atomic E-state index is 12.9. The van der Waals surface area contributed by atoms with E-state index in [0.29, 0.717) is 20.5 Å². The molecule has 29 heavy (non-hydrogen) atoms. The van der Waals surface area contributed by atoms with Crippen LogP contribution in [0.25, 0.3) is 10.4 Å². The van der Waals surface area contributed by atoms with Gasteiger partial charge in [0, 0.05) is 21.4 Å². The van der Waals surface area contributed by atoms with Crippen molar-refractivity contribution in [1.82, 2.24) is 4.72 Å². The minimum absolute atomic E-state index is 0.0258. The Hall–Kier alpha value is -1.90. The van der Waals surface area contributed by atoms with Crippen molar-refractivity contribution < 1.29 is 18.3 Å². The molecule has 1 aliphatic rings. The first-order chi connectivity index (χ1) is 13.7. The van der Waals surface area contributed by atoms with Gasteiger partial charge in [-0.2, -0.15) is 4.72 Å². The summed E-state index contributed by atoms with van der Waals surface area (Å²) in [5, 5.41) is 10.6. The smallest absolute Gasteiger partial charge is 0.325 e. The standard InChI is InChI=1S/C20H15Cl2NO4S2/c21-13-6-7-14(16(22)10-13)17-8-9-18(28-17)29(26,27)23-20(19(24)25)11-15(20)12-4-2-1-3-5-12/h1-10,15,23H,11H2,(H,24,25)/t15-,20+/m1/s1. The van der Waals surface area contributed by atoms with Crippen molar-refractivity contribution in [3.05, 3.63) is 76.3 Å². The van der Waals surface area contributed by atoms with E-state index in [-0.39, 0.29) is 10.6 Å². The Morgan fingerprint density at radius 2 is 1.83 bits per heavy atom. The first-order valence-electron chi connectivity index (χ1n) is 8.60. The van der Waals surface area contributed by atoms with Gasteiger partial charge in [0.1, 0.15) is 9.75 Å². The molecule has 150 valence electrons. The van der Waals surface area contributed by atoms with Crippen molar-refractivity contribution in [2.75, 3.05) is 0 Å². The van der Waals surface area contributed by atoms with E-state index in [0.717, 1.165) is 16.9 Å². The molecule has 0 spiro atoms. The number of thiophene rings is 1. The summed E-state index contributed by atoms with van der Waals surface area (Å²) < 4.78 is 28.3. The zero-order valence-electron chi connectivity index (χ0n) is 14.8. The number of carboxylic acid groups (broad SMARTS) is 1. The number of carbonyl (C=O) groups is 1. The Bertz CT molecular complexity index is 1190. The number of benzene rings is 2. The average molecular weight is 468 g/mol. The Morgan fingerprint density at radius 1 is 1.10 bits per heavy atom. The van der Waals surface area contributed by atoms with Gasteiger partial charge in [0.05, 0.1) is 5.02 Å². The summed E-state index contributed by atoms with van der Waals surface area (Å²) in [7, 11) is -4.03. The van der Waals surface area contributed by atoms with Crippen molar-refractivity contribution in [3.63, 3.8) is 0 Å². The molecule has 9 heteroatoms. The summed E-state index contributed by atoms with van der Waals surface area (Å²) in [5.41, 5.74) is -0.0936. The van der Waals surface area contributed by atoms with Crippen molar-refractivity contribution in [2.45, 2.75) is 22.1 Å². The van der Waals surface area contributed by atoms with Crippen LogP contribution in [0.2, 0.25) is 10.0 Å². The molecule has 2 aromatic carbocycles. The highest BCUT2D eigenvalue weighted by Gasteiger charge is 2.63. The van der Waals surface area contributed by atoms with Crippen LogP contribution in [0.3, 0.4) is 0 Å². The van der Waals surface area contributed by atoms with E-state index in [1.54, 1.807) is 48.5 Å². The van der Waals surface area contributed by atoms with Gasteiger partial charge in [-0.3, -0.25) is 4.79 Å². The van der Waals surface area contributed by atoms with Gasteiger partial charge in [-0.1, -0.05) is 59.6 Å². The van der Waals surface area contributed by atoms with Gasteiger partial charge in [-0.15, -0.1) is 11.3 Å².